The molecule has 3 atom stereocenters. The molecule has 3 rings (SSSR count). The highest BCUT2D eigenvalue weighted by atomic mass is 16.4. The first-order valence-electron chi connectivity index (χ1n) is 8.51. The average Bonchev–Trinajstić information content (AvgIpc) is 3.23. The smallest absolute Gasteiger partial charge is 0.326 e. The van der Waals surface area contributed by atoms with Crippen LogP contribution in [0.5, 0.6) is 0 Å². The standard InChI is InChI=1S/C17H23N3O5/c1-9-2-3-10-4-11(10)19-8-20-12(17(24)25)5-15(22)13(20)7-18-16(23)6-14(9)21/h7,9,12,16,18-19,23H,2-6,8H2,1H3,(H,24,25)/b13-7+/t9?,12-,16?/m0/s1. The second-order valence-electron chi connectivity index (χ2n) is 6.87. The Morgan fingerprint density at radius 1 is 1.32 bits per heavy atom. The van der Waals surface area contributed by atoms with Crippen LogP contribution >= 0.6 is 0 Å². The Morgan fingerprint density at radius 2 is 2.08 bits per heavy atom. The molecule has 8 nitrogen and oxygen atoms in total. The van der Waals surface area contributed by atoms with Crippen molar-refractivity contribution in [3.8, 4) is 0 Å². The highest BCUT2D eigenvalue weighted by Gasteiger charge is 2.40. The summed E-state index contributed by atoms with van der Waals surface area (Å²) < 4.78 is 0. The molecule has 0 amide bonds. The van der Waals surface area contributed by atoms with Gasteiger partial charge in [-0.05, 0) is 18.4 Å². The number of hydrogen-bond acceptors (Lipinski definition) is 7. The summed E-state index contributed by atoms with van der Waals surface area (Å²) >= 11 is 0. The van der Waals surface area contributed by atoms with Crippen molar-refractivity contribution < 1.29 is 24.6 Å². The number of aliphatic hydroxyl groups is 1. The molecule has 3 aliphatic rings. The number of fused-ring (bicyclic) bond motifs is 1. The van der Waals surface area contributed by atoms with Gasteiger partial charge in [-0.3, -0.25) is 9.59 Å². The van der Waals surface area contributed by atoms with Crippen molar-refractivity contribution in [1.29, 1.82) is 0 Å². The SMILES string of the molecule is CC1CCC2=C(C2)NCN2/C(=C/NC(O)CC1=O)C(=O)C[C@H]2C(=O)O. The summed E-state index contributed by atoms with van der Waals surface area (Å²) in [4.78, 5) is 37.2. The van der Waals surface area contributed by atoms with E-state index in [1.54, 1.807) is 0 Å². The van der Waals surface area contributed by atoms with Gasteiger partial charge in [0.05, 0.1) is 18.8 Å². The van der Waals surface area contributed by atoms with Crippen LogP contribution in [-0.2, 0) is 14.4 Å². The highest BCUT2D eigenvalue weighted by molar-refractivity contribution is 6.01. The number of carboxylic acids is 1. The maximum absolute atomic E-state index is 12.2. The van der Waals surface area contributed by atoms with Gasteiger partial charge < -0.3 is 25.7 Å². The Balaban J connectivity index is 1.83. The van der Waals surface area contributed by atoms with Crippen molar-refractivity contribution in [3.63, 3.8) is 0 Å². The zero-order valence-corrected chi connectivity index (χ0v) is 14.1. The summed E-state index contributed by atoms with van der Waals surface area (Å²) in [5, 5.41) is 25.2. The molecule has 2 heterocycles. The molecule has 0 aromatic rings. The van der Waals surface area contributed by atoms with Gasteiger partial charge in [-0.15, -0.1) is 0 Å². The summed E-state index contributed by atoms with van der Waals surface area (Å²) in [6.07, 6.45) is 2.43. The Kier molecular flexibility index (Phi) is 4.80. The Morgan fingerprint density at radius 3 is 2.80 bits per heavy atom. The van der Waals surface area contributed by atoms with E-state index in [1.807, 2.05) is 6.92 Å². The molecule has 136 valence electrons. The van der Waals surface area contributed by atoms with Crippen LogP contribution in [0.1, 0.15) is 39.0 Å². The Bertz CT molecular complexity index is 669. The maximum Gasteiger partial charge on any atom is 0.326 e. The van der Waals surface area contributed by atoms with Crippen LogP contribution in [0.2, 0.25) is 0 Å². The van der Waals surface area contributed by atoms with Gasteiger partial charge in [0.25, 0.3) is 0 Å². The van der Waals surface area contributed by atoms with E-state index in [0.717, 1.165) is 25.0 Å². The predicted octanol–water partition coefficient (Wildman–Crippen LogP) is 0.0578. The van der Waals surface area contributed by atoms with E-state index in [4.69, 9.17) is 0 Å². The quantitative estimate of drug-likeness (QED) is 0.525. The predicted molar refractivity (Wildman–Crippen MR) is 87.8 cm³/mol. The molecule has 0 aromatic heterocycles. The summed E-state index contributed by atoms with van der Waals surface area (Å²) in [7, 11) is 0. The molecule has 0 radical (unpaired) electrons. The minimum Gasteiger partial charge on any atom is -0.480 e. The number of allylic oxidation sites excluding steroid dienone is 3. The van der Waals surface area contributed by atoms with Crippen LogP contribution in [0.25, 0.3) is 0 Å². The molecular formula is C17H23N3O5. The lowest BCUT2D eigenvalue weighted by Crippen LogP contribution is -2.41. The van der Waals surface area contributed by atoms with Crippen LogP contribution in [0.3, 0.4) is 0 Å². The summed E-state index contributed by atoms with van der Waals surface area (Å²) in [5.74, 6) is -1.54. The number of nitrogens with one attached hydrogen (secondary N) is 2. The second kappa shape index (κ2) is 6.87. The molecule has 0 aromatic carbocycles. The first-order valence-corrected chi connectivity index (χ1v) is 8.51. The van der Waals surface area contributed by atoms with Gasteiger partial charge in [0.15, 0.2) is 5.78 Å². The summed E-state index contributed by atoms with van der Waals surface area (Å²) in [5.41, 5.74) is 2.50. The van der Waals surface area contributed by atoms with E-state index in [1.165, 1.54) is 16.7 Å². The third-order valence-electron chi connectivity index (χ3n) is 5.03. The van der Waals surface area contributed by atoms with Gasteiger partial charge in [-0.2, -0.15) is 0 Å². The molecule has 8 heteroatoms. The van der Waals surface area contributed by atoms with Gasteiger partial charge in [-0.1, -0.05) is 6.92 Å². The molecule has 0 spiro atoms. The molecule has 1 aliphatic carbocycles. The number of hydrogen-bond donors (Lipinski definition) is 4. The van der Waals surface area contributed by atoms with Crippen molar-refractivity contribution in [2.24, 2.45) is 5.92 Å². The van der Waals surface area contributed by atoms with Crippen LogP contribution in [0.4, 0.5) is 0 Å². The van der Waals surface area contributed by atoms with Crippen LogP contribution in [0.15, 0.2) is 23.2 Å². The molecule has 1 saturated heterocycles. The molecule has 0 saturated carbocycles. The molecule has 1 fully saturated rings. The van der Waals surface area contributed by atoms with Crippen LogP contribution in [-0.4, -0.2) is 51.6 Å². The van der Waals surface area contributed by atoms with E-state index in [9.17, 15) is 24.6 Å². The van der Waals surface area contributed by atoms with Gasteiger partial charge in [0.1, 0.15) is 18.1 Å². The number of aliphatic carboxylic acids is 1. The maximum atomic E-state index is 12.2. The number of carboxylic acid groups (broad SMARTS) is 1. The van der Waals surface area contributed by atoms with E-state index in [2.05, 4.69) is 10.6 Å². The van der Waals surface area contributed by atoms with Gasteiger partial charge in [0.2, 0.25) is 0 Å². The summed E-state index contributed by atoms with van der Waals surface area (Å²) in [6.45, 7) is 2.08. The Labute approximate surface area is 145 Å². The second-order valence-corrected chi connectivity index (χ2v) is 6.87. The molecule has 0 bridgehead atoms. The van der Waals surface area contributed by atoms with E-state index in [0.29, 0.717) is 0 Å². The lowest BCUT2D eigenvalue weighted by Gasteiger charge is -2.25. The largest absolute Gasteiger partial charge is 0.480 e. The first kappa shape index (κ1) is 17.5. The average molecular weight is 349 g/mol. The fourth-order valence-corrected chi connectivity index (χ4v) is 3.25. The van der Waals surface area contributed by atoms with Gasteiger partial charge in [-0.25, -0.2) is 4.79 Å². The third kappa shape index (κ3) is 3.84. The number of nitrogens with zero attached hydrogens (tertiary/aromatic N) is 1. The van der Waals surface area contributed by atoms with Crippen molar-refractivity contribution in [3.05, 3.63) is 23.2 Å². The lowest BCUT2D eigenvalue weighted by molar-refractivity contribution is -0.142. The van der Waals surface area contributed by atoms with Crippen molar-refractivity contribution in [2.75, 3.05) is 6.67 Å². The zero-order valence-electron chi connectivity index (χ0n) is 14.1. The number of carbonyl (C=O) groups excluding carboxylic acids is 2. The fourth-order valence-electron chi connectivity index (χ4n) is 3.25. The number of carbonyl (C=O) groups is 3. The molecule has 2 aliphatic heterocycles. The monoisotopic (exact) mass is 349 g/mol. The number of rotatable bonds is 1. The number of aliphatic hydroxyl groups excluding tert-OH is 1. The molecular weight excluding hydrogens is 326 g/mol. The van der Waals surface area contributed by atoms with Crippen molar-refractivity contribution in [1.82, 2.24) is 15.5 Å². The Hall–Kier alpha value is -2.35. The van der Waals surface area contributed by atoms with Crippen LogP contribution < -0.4 is 10.6 Å². The number of Topliss-reactive ketones (excluding diaryl/α,β-unsaturated/α-hetero) is 2. The van der Waals surface area contributed by atoms with Crippen molar-refractivity contribution in [2.45, 2.75) is 51.3 Å². The lowest BCUT2D eigenvalue weighted by atomic mass is 9.97. The van der Waals surface area contributed by atoms with Gasteiger partial charge >= 0.3 is 5.97 Å². The van der Waals surface area contributed by atoms with Gasteiger partial charge in [0, 0.05) is 30.7 Å². The fraction of sp³-hybridized carbons (Fsp3) is 0.588. The van der Waals surface area contributed by atoms with E-state index in [-0.39, 0.29) is 42.7 Å². The summed E-state index contributed by atoms with van der Waals surface area (Å²) in [6, 6.07) is -0.928. The first-order chi connectivity index (χ1) is 11.9. The highest BCUT2D eigenvalue weighted by Crippen LogP contribution is 2.34. The molecule has 25 heavy (non-hydrogen) atoms. The molecule has 4 N–H and O–H groups in total. The molecule has 2 unspecified atom stereocenters. The van der Waals surface area contributed by atoms with Crippen molar-refractivity contribution >= 4 is 17.5 Å². The topological polar surface area (TPSA) is 119 Å². The van der Waals surface area contributed by atoms with E-state index < -0.39 is 18.2 Å². The van der Waals surface area contributed by atoms with Crippen LogP contribution in [0, 0.1) is 5.92 Å². The normalized spacial score (nSPS) is 32.6. The number of ketones is 2. The zero-order chi connectivity index (χ0) is 18.1. The minimum atomic E-state index is -1.10. The minimum absolute atomic E-state index is 0.0377. The van der Waals surface area contributed by atoms with E-state index >= 15 is 0 Å². The third-order valence-corrected chi connectivity index (χ3v) is 5.03.